The molecule has 26 heavy (non-hydrogen) atoms. The quantitative estimate of drug-likeness (QED) is 0.328. The van der Waals surface area contributed by atoms with Crippen molar-refractivity contribution in [2.75, 3.05) is 11.5 Å². The molecule has 0 unspecified atom stereocenters. The highest BCUT2D eigenvalue weighted by Gasteiger charge is 2.44. The zero-order chi connectivity index (χ0) is 18.8. The minimum Gasteiger partial charge on any atom is -0.387 e. The summed E-state index contributed by atoms with van der Waals surface area (Å²) in [6, 6.07) is 4.68. The molecule has 140 valence electrons. The number of nitrogens with zero attached hydrogens (tertiary/aromatic N) is 3. The number of non-ortho nitro benzene ring substituents is 1. The molecule has 0 bridgehead atoms. The number of ether oxygens (including phenoxy) is 1. The zero-order valence-electron chi connectivity index (χ0n) is 14.3. The number of nitro benzene ring substituents is 1. The summed E-state index contributed by atoms with van der Waals surface area (Å²) in [6.07, 6.45) is -1.31. The van der Waals surface area contributed by atoms with Crippen molar-refractivity contribution in [3.8, 4) is 0 Å². The van der Waals surface area contributed by atoms with E-state index in [0.717, 1.165) is 0 Å². The topological polar surface area (TPSA) is 111 Å². The average Bonchev–Trinajstić information content (AvgIpc) is 3.13. The normalized spacial score (nSPS) is 25.7. The molecule has 3 rings (SSSR count). The van der Waals surface area contributed by atoms with E-state index in [4.69, 9.17) is 4.74 Å². The molecule has 0 spiro atoms. The Bertz CT molecular complexity index is 824. The lowest BCUT2D eigenvalue weighted by atomic mass is 10.1. The molecule has 2 heterocycles. The molecule has 1 aliphatic heterocycles. The number of benzene rings is 1. The van der Waals surface area contributed by atoms with Crippen LogP contribution >= 0.6 is 11.8 Å². The number of nitro groups is 1. The smallest absolute Gasteiger partial charge is 0.297 e. The van der Waals surface area contributed by atoms with Crippen molar-refractivity contribution in [1.82, 2.24) is 9.55 Å². The number of aryl methyl sites for hydroxylation is 1. The first-order valence-electron chi connectivity index (χ1n) is 8.34. The SMILES string of the molecule is C=CCSC[C@H]1O[C@@H](n2c(CC)nc3c([N+](=O)[O-])cccc32)[C@H](O)[C@@H]1O. The highest BCUT2D eigenvalue weighted by atomic mass is 32.2. The molecule has 1 aromatic carbocycles. The summed E-state index contributed by atoms with van der Waals surface area (Å²) >= 11 is 1.55. The summed E-state index contributed by atoms with van der Waals surface area (Å²) < 4.78 is 7.59. The third-order valence-electron chi connectivity index (χ3n) is 4.39. The Morgan fingerprint density at radius 2 is 2.23 bits per heavy atom. The van der Waals surface area contributed by atoms with Crippen LogP contribution in [0.2, 0.25) is 0 Å². The molecule has 0 aliphatic carbocycles. The van der Waals surface area contributed by atoms with Crippen molar-refractivity contribution in [1.29, 1.82) is 0 Å². The van der Waals surface area contributed by atoms with E-state index < -0.39 is 29.5 Å². The molecule has 2 aromatic rings. The van der Waals surface area contributed by atoms with Gasteiger partial charge < -0.3 is 14.9 Å². The first-order chi connectivity index (χ1) is 12.5. The largest absolute Gasteiger partial charge is 0.387 e. The van der Waals surface area contributed by atoms with Crippen LogP contribution in [-0.2, 0) is 11.2 Å². The Morgan fingerprint density at radius 1 is 1.46 bits per heavy atom. The monoisotopic (exact) mass is 379 g/mol. The second-order valence-electron chi connectivity index (χ2n) is 6.03. The highest BCUT2D eigenvalue weighted by Crippen LogP contribution is 2.36. The van der Waals surface area contributed by atoms with Gasteiger partial charge in [0.1, 0.15) is 18.0 Å². The molecule has 2 N–H and O–H groups in total. The van der Waals surface area contributed by atoms with Gasteiger partial charge >= 0.3 is 0 Å². The summed E-state index contributed by atoms with van der Waals surface area (Å²) in [4.78, 5) is 15.2. The first-order valence-corrected chi connectivity index (χ1v) is 9.49. The van der Waals surface area contributed by atoms with E-state index >= 15 is 0 Å². The van der Waals surface area contributed by atoms with Crippen LogP contribution in [0.3, 0.4) is 0 Å². The second kappa shape index (κ2) is 7.75. The number of thioether (sulfide) groups is 1. The van der Waals surface area contributed by atoms with E-state index in [1.165, 1.54) is 6.07 Å². The summed E-state index contributed by atoms with van der Waals surface area (Å²) in [7, 11) is 0. The van der Waals surface area contributed by atoms with E-state index in [1.807, 2.05) is 6.92 Å². The van der Waals surface area contributed by atoms with Crippen LogP contribution < -0.4 is 0 Å². The van der Waals surface area contributed by atoms with Gasteiger partial charge in [-0.3, -0.25) is 14.7 Å². The van der Waals surface area contributed by atoms with Gasteiger partial charge in [0.25, 0.3) is 5.69 Å². The Hall–Kier alpha value is -1.94. The van der Waals surface area contributed by atoms with Crippen LogP contribution in [0.25, 0.3) is 11.0 Å². The number of aliphatic hydroxyl groups is 2. The van der Waals surface area contributed by atoms with Gasteiger partial charge in [-0.15, -0.1) is 6.58 Å². The van der Waals surface area contributed by atoms with Gasteiger partial charge in [-0.1, -0.05) is 19.1 Å². The maximum Gasteiger partial charge on any atom is 0.297 e. The fraction of sp³-hybridized carbons (Fsp3) is 0.471. The van der Waals surface area contributed by atoms with E-state index in [1.54, 1.807) is 34.5 Å². The number of imidazole rings is 1. The molecule has 1 fully saturated rings. The second-order valence-corrected chi connectivity index (χ2v) is 7.10. The first kappa shape index (κ1) is 18.8. The minimum absolute atomic E-state index is 0.0953. The lowest BCUT2D eigenvalue weighted by Crippen LogP contribution is -2.32. The molecule has 0 saturated carbocycles. The Kier molecular flexibility index (Phi) is 5.61. The van der Waals surface area contributed by atoms with Gasteiger partial charge in [-0.2, -0.15) is 11.8 Å². The van der Waals surface area contributed by atoms with Crippen molar-refractivity contribution in [3.05, 3.63) is 46.8 Å². The summed E-state index contributed by atoms with van der Waals surface area (Å²) in [5.41, 5.74) is 0.665. The van der Waals surface area contributed by atoms with Gasteiger partial charge in [0.2, 0.25) is 0 Å². The average molecular weight is 379 g/mol. The Balaban J connectivity index is 2.00. The number of para-hydroxylation sites is 1. The molecule has 0 amide bonds. The molecule has 1 aromatic heterocycles. The van der Waals surface area contributed by atoms with E-state index in [9.17, 15) is 20.3 Å². The Morgan fingerprint density at radius 3 is 2.88 bits per heavy atom. The molecule has 4 atom stereocenters. The standard InChI is InChI=1S/C17H21N3O5S/c1-3-8-26-9-12-15(21)16(22)17(25-12)19-10-6-5-7-11(20(23)24)14(10)18-13(19)4-2/h3,5-7,12,15-17,21-22H,1,4,8-9H2,2H3/t12-,15-,16-,17-/m1/s1. The van der Waals surface area contributed by atoms with E-state index in [0.29, 0.717) is 29.3 Å². The van der Waals surface area contributed by atoms with Crippen molar-refractivity contribution in [3.63, 3.8) is 0 Å². The minimum atomic E-state index is -1.15. The van der Waals surface area contributed by atoms with Gasteiger partial charge in [-0.05, 0) is 6.07 Å². The number of fused-ring (bicyclic) bond motifs is 1. The zero-order valence-corrected chi connectivity index (χ0v) is 15.1. The van der Waals surface area contributed by atoms with Crippen LogP contribution in [0.1, 0.15) is 19.0 Å². The third kappa shape index (κ3) is 3.23. The van der Waals surface area contributed by atoms with Crippen molar-refractivity contribution in [2.45, 2.75) is 37.9 Å². The molecule has 0 radical (unpaired) electrons. The molecule has 1 aliphatic rings. The number of hydrogen-bond acceptors (Lipinski definition) is 7. The highest BCUT2D eigenvalue weighted by molar-refractivity contribution is 7.99. The molecule has 1 saturated heterocycles. The Labute approximate surface area is 154 Å². The summed E-state index contributed by atoms with van der Waals surface area (Å²) in [5, 5.41) is 32.2. The van der Waals surface area contributed by atoms with Gasteiger partial charge in [0.15, 0.2) is 11.7 Å². The van der Waals surface area contributed by atoms with Crippen LogP contribution in [-0.4, -0.2) is 54.5 Å². The van der Waals surface area contributed by atoms with Crippen LogP contribution in [0.5, 0.6) is 0 Å². The van der Waals surface area contributed by atoms with Crippen LogP contribution in [0.4, 0.5) is 5.69 Å². The van der Waals surface area contributed by atoms with Crippen LogP contribution in [0, 0.1) is 10.1 Å². The maximum absolute atomic E-state index is 11.3. The molecular formula is C17H21N3O5S. The van der Waals surface area contributed by atoms with E-state index in [-0.39, 0.29) is 11.2 Å². The maximum atomic E-state index is 11.3. The predicted octanol–water partition coefficient (Wildman–Crippen LogP) is 2.05. The van der Waals surface area contributed by atoms with Crippen LogP contribution in [0.15, 0.2) is 30.9 Å². The van der Waals surface area contributed by atoms with Gasteiger partial charge in [-0.25, -0.2) is 4.98 Å². The number of aromatic nitrogens is 2. The molecular weight excluding hydrogens is 358 g/mol. The van der Waals surface area contributed by atoms with Crippen molar-refractivity contribution < 1.29 is 19.9 Å². The van der Waals surface area contributed by atoms with Gasteiger partial charge in [0.05, 0.1) is 16.5 Å². The lowest BCUT2D eigenvalue weighted by Gasteiger charge is -2.19. The van der Waals surface area contributed by atoms with Crippen molar-refractivity contribution in [2.24, 2.45) is 0 Å². The molecule has 8 nitrogen and oxygen atoms in total. The fourth-order valence-corrected chi connectivity index (χ4v) is 3.99. The number of hydrogen-bond donors (Lipinski definition) is 2. The lowest BCUT2D eigenvalue weighted by molar-refractivity contribution is -0.383. The third-order valence-corrected chi connectivity index (χ3v) is 5.43. The molecule has 9 heteroatoms. The fourth-order valence-electron chi connectivity index (χ4n) is 3.18. The van der Waals surface area contributed by atoms with E-state index in [2.05, 4.69) is 11.6 Å². The van der Waals surface area contributed by atoms with Crippen molar-refractivity contribution >= 4 is 28.5 Å². The number of rotatable bonds is 7. The number of aliphatic hydroxyl groups excluding tert-OH is 2. The predicted molar refractivity (Wildman–Crippen MR) is 99.2 cm³/mol. The summed E-state index contributed by atoms with van der Waals surface area (Å²) in [5.74, 6) is 1.79. The summed E-state index contributed by atoms with van der Waals surface area (Å²) in [6.45, 7) is 5.53. The van der Waals surface area contributed by atoms with Gasteiger partial charge in [0, 0.05) is 24.0 Å².